The first-order chi connectivity index (χ1) is 40.5. The molecule has 15 rings (SSSR count). The summed E-state index contributed by atoms with van der Waals surface area (Å²) in [5, 5.41) is 7.20. The standard InChI is InChI=1S/C78H56N4/c1-53-27-37-63(38-28-53)81-75-24-11-9-19-70(75)72-51-65(47-49-77(72)81)79(60-41-31-57(32-42-60)55-15-5-3-6-16-55)61-45-35-59(36-46-61)67-21-13-23-69-68(67)22-14-26-74(69)80(62-43-33-58(34-44-62)56-17-7-4-8-18-56)66-48-50-78-73(52-66)71-20-10-12-25-76(71)82(78)64-39-29-54(2)30-40-64/h3-52H,1-2H3. The van der Waals surface area contributed by atoms with Crippen molar-refractivity contribution in [2.45, 2.75) is 13.8 Å². The first-order valence-electron chi connectivity index (χ1n) is 28.2. The number of anilines is 6. The Kier molecular flexibility index (Phi) is 11.9. The predicted molar refractivity (Wildman–Crippen MR) is 348 cm³/mol. The summed E-state index contributed by atoms with van der Waals surface area (Å²) in [6.07, 6.45) is 0. The SMILES string of the molecule is Cc1ccc(-n2c3ccccc3c3cc(N(c4ccc(-c5ccccc5)cc4)c4ccc(-c5cccc6c(N(c7ccc(-c8ccccc8)cc7)c7ccc8c(c7)c7ccccc7n8-c7ccc(C)cc7)cccc56)cc4)ccc32)cc1. The molecule has 0 atom stereocenters. The van der Waals surface area contributed by atoms with Gasteiger partial charge in [0.25, 0.3) is 0 Å². The highest BCUT2D eigenvalue weighted by molar-refractivity contribution is 6.13. The Labute approximate surface area is 477 Å². The molecular weight excluding hydrogens is 993 g/mol. The van der Waals surface area contributed by atoms with E-state index in [4.69, 9.17) is 0 Å². The van der Waals surface area contributed by atoms with Gasteiger partial charge in [0.2, 0.25) is 0 Å². The van der Waals surface area contributed by atoms with E-state index in [-0.39, 0.29) is 0 Å². The van der Waals surface area contributed by atoms with Gasteiger partial charge >= 0.3 is 0 Å². The Morgan fingerprint density at radius 1 is 0.232 bits per heavy atom. The second kappa shape index (κ2) is 20.2. The van der Waals surface area contributed by atoms with Crippen LogP contribution in [0.3, 0.4) is 0 Å². The van der Waals surface area contributed by atoms with Crippen LogP contribution in [0.5, 0.6) is 0 Å². The van der Waals surface area contributed by atoms with Crippen molar-refractivity contribution in [3.8, 4) is 44.8 Å². The van der Waals surface area contributed by atoms with Crippen LogP contribution in [0.4, 0.5) is 34.1 Å². The molecule has 4 heteroatoms. The molecule has 0 aliphatic carbocycles. The molecule has 2 aromatic heterocycles. The maximum atomic E-state index is 2.44. The molecule has 2 heterocycles. The third-order valence-electron chi connectivity index (χ3n) is 16.5. The van der Waals surface area contributed by atoms with Crippen molar-refractivity contribution < 1.29 is 0 Å². The fourth-order valence-electron chi connectivity index (χ4n) is 12.4. The average Bonchev–Trinajstić information content (AvgIpc) is 4.02. The molecule has 0 aliphatic heterocycles. The van der Waals surface area contributed by atoms with Gasteiger partial charge in [-0.3, -0.25) is 0 Å². The molecule has 0 radical (unpaired) electrons. The Hall–Kier alpha value is -10.7. The lowest BCUT2D eigenvalue weighted by Crippen LogP contribution is -2.10. The van der Waals surface area contributed by atoms with E-state index in [1.54, 1.807) is 0 Å². The zero-order chi connectivity index (χ0) is 54.7. The van der Waals surface area contributed by atoms with Gasteiger partial charge in [0.15, 0.2) is 0 Å². The lowest BCUT2D eigenvalue weighted by atomic mass is 9.96. The third-order valence-corrected chi connectivity index (χ3v) is 16.5. The van der Waals surface area contributed by atoms with Gasteiger partial charge in [0.05, 0.1) is 27.8 Å². The highest BCUT2D eigenvalue weighted by Gasteiger charge is 2.22. The average molecular weight is 1050 g/mol. The summed E-state index contributed by atoms with van der Waals surface area (Å²) in [7, 11) is 0. The summed E-state index contributed by atoms with van der Waals surface area (Å²) in [4.78, 5) is 4.84. The molecule has 0 N–H and O–H groups in total. The van der Waals surface area contributed by atoms with Crippen LogP contribution < -0.4 is 9.80 Å². The van der Waals surface area contributed by atoms with Crippen molar-refractivity contribution in [2.24, 2.45) is 0 Å². The Bertz CT molecular complexity index is 4830. The zero-order valence-electron chi connectivity index (χ0n) is 45.7. The summed E-state index contributed by atoms with van der Waals surface area (Å²) in [5.74, 6) is 0. The number of hydrogen-bond donors (Lipinski definition) is 0. The number of nitrogens with zero attached hydrogens (tertiary/aromatic N) is 4. The number of para-hydroxylation sites is 2. The van der Waals surface area contributed by atoms with E-state index in [9.17, 15) is 0 Å². The molecule has 0 amide bonds. The topological polar surface area (TPSA) is 16.3 Å². The molecule has 388 valence electrons. The Balaban J connectivity index is 0.853. The van der Waals surface area contributed by atoms with Crippen LogP contribution >= 0.6 is 0 Å². The predicted octanol–water partition coefficient (Wildman–Crippen LogP) is 21.6. The molecule has 15 aromatic rings. The van der Waals surface area contributed by atoms with Crippen molar-refractivity contribution >= 4 is 88.5 Å². The number of hydrogen-bond acceptors (Lipinski definition) is 2. The zero-order valence-corrected chi connectivity index (χ0v) is 45.7. The van der Waals surface area contributed by atoms with Gasteiger partial charge in [0.1, 0.15) is 0 Å². The van der Waals surface area contributed by atoms with Gasteiger partial charge in [-0.25, -0.2) is 0 Å². The molecule has 82 heavy (non-hydrogen) atoms. The summed E-state index contributed by atoms with van der Waals surface area (Å²) in [6.45, 7) is 4.29. The van der Waals surface area contributed by atoms with E-state index in [1.807, 2.05) is 0 Å². The monoisotopic (exact) mass is 1050 g/mol. The van der Waals surface area contributed by atoms with Crippen LogP contribution in [0.2, 0.25) is 0 Å². The molecule has 0 bridgehead atoms. The maximum Gasteiger partial charge on any atom is 0.0542 e. The van der Waals surface area contributed by atoms with Gasteiger partial charge in [0, 0.05) is 66.7 Å². The maximum absolute atomic E-state index is 2.44. The minimum Gasteiger partial charge on any atom is -0.310 e. The van der Waals surface area contributed by atoms with Gasteiger partial charge < -0.3 is 18.9 Å². The molecule has 0 unspecified atom stereocenters. The second-order valence-electron chi connectivity index (χ2n) is 21.5. The molecular formula is C78H56N4. The Morgan fingerprint density at radius 2 is 0.598 bits per heavy atom. The highest BCUT2D eigenvalue weighted by atomic mass is 15.2. The van der Waals surface area contributed by atoms with E-state index < -0.39 is 0 Å². The summed E-state index contributed by atoms with van der Waals surface area (Å²) in [5.41, 5.74) is 23.1. The highest BCUT2D eigenvalue weighted by Crippen LogP contribution is 2.46. The van der Waals surface area contributed by atoms with Crippen molar-refractivity contribution in [1.82, 2.24) is 9.13 Å². The van der Waals surface area contributed by atoms with Crippen LogP contribution in [-0.2, 0) is 0 Å². The number of aromatic nitrogens is 2. The minimum atomic E-state index is 1.07. The van der Waals surface area contributed by atoms with E-state index >= 15 is 0 Å². The molecule has 0 saturated heterocycles. The van der Waals surface area contributed by atoms with E-state index in [0.717, 1.165) is 56.4 Å². The summed E-state index contributed by atoms with van der Waals surface area (Å²) < 4.78 is 4.79. The molecule has 0 aliphatic rings. The van der Waals surface area contributed by atoms with Crippen LogP contribution in [0.15, 0.2) is 303 Å². The van der Waals surface area contributed by atoms with Crippen LogP contribution in [0, 0.1) is 13.8 Å². The largest absolute Gasteiger partial charge is 0.310 e. The lowest BCUT2D eigenvalue weighted by Gasteiger charge is -2.28. The number of aryl methyl sites for hydroxylation is 2. The number of rotatable bonds is 11. The lowest BCUT2D eigenvalue weighted by molar-refractivity contribution is 1.17. The third kappa shape index (κ3) is 8.48. The van der Waals surface area contributed by atoms with Gasteiger partial charge in [-0.1, -0.05) is 199 Å². The van der Waals surface area contributed by atoms with Crippen LogP contribution in [-0.4, -0.2) is 9.13 Å². The minimum absolute atomic E-state index is 1.07. The number of benzene rings is 13. The fraction of sp³-hybridized carbons (Fsp3) is 0.0256. The first-order valence-corrected chi connectivity index (χ1v) is 28.2. The normalized spacial score (nSPS) is 11.5. The van der Waals surface area contributed by atoms with E-state index in [2.05, 4.69) is 336 Å². The first kappa shape index (κ1) is 48.4. The van der Waals surface area contributed by atoms with Crippen molar-refractivity contribution in [3.05, 3.63) is 314 Å². The fourth-order valence-corrected chi connectivity index (χ4v) is 12.4. The van der Waals surface area contributed by atoms with Crippen molar-refractivity contribution in [3.63, 3.8) is 0 Å². The van der Waals surface area contributed by atoms with Crippen molar-refractivity contribution in [1.29, 1.82) is 0 Å². The Morgan fingerprint density at radius 3 is 1.10 bits per heavy atom. The van der Waals surface area contributed by atoms with E-state index in [0.29, 0.717) is 0 Å². The van der Waals surface area contributed by atoms with Crippen molar-refractivity contribution in [2.75, 3.05) is 9.80 Å². The molecule has 0 saturated carbocycles. The smallest absolute Gasteiger partial charge is 0.0542 e. The second-order valence-corrected chi connectivity index (χ2v) is 21.5. The van der Waals surface area contributed by atoms with Crippen LogP contribution in [0.25, 0.3) is 99.1 Å². The summed E-state index contributed by atoms with van der Waals surface area (Å²) >= 11 is 0. The quantitative estimate of drug-likeness (QED) is 0.128. The van der Waals surface area contributed by atoms with Crippen LogP contribution in [0.1, 0.15) is 11.1 Å². The summed E-state index contributed by atoms with van der Waals surface area (Å²) in [6, 6.07) is 111. The molecule has 0 fully saturated rings. The molecule has 4 nitrogen and oxygen atoms in total. The van der Waals surface area contributed by atoms with Gasteiger partial charge in [-0.05, 0) is 168 Å². The number of fused-ring (bicyclic) bond motifs is 7. The molecule has 0 spiro atoms. The van der Waals surface area contributed by atoms with Gasteiger partial charge in [-0.2, -0.15) is 0 Å². The van der Waals surface area contributed by atoms with E-state index in [1.165, 1.54) is 87.9 Å². The molecule has 13 aromatic carbocycles. The van der Waals surface area contributed by atoms with Gasteiger partial charge in [-0.15, -0.1) is 0 Å².